The number of pyridine rings is 1. The number of imidazole rings is 1. The standard InChI is InChI=1S/C17H18ClN5O/c1-22(11-17(24)21-16-7-6-13(18)10-19-16)8-9-23-12-20-14-4-2-3-5-15(14)23/h2-7,10,12H,8-9,11H2,1H3,(H,19,21,24). The molecule has 7 heteroatoms. The van der Waals surface area contributed by atoms with Crippen LogP contribution in [0, 0.1) is 0 Å². The van der Waals surface area contributed by atoms with E-state index in [0.29, 0.717) is 10.8 Å². The summed E-state index contributed by atoms with van der Waals surface area (Å²) in [5.41, 5.74) is 2.08. The van der Waals surface area contributed by atoms with Gasteiger partial charge in [-0.15, -0.1) is 0 Å². The highest BCUT2D eigenvalue weighted by Gasteiger charge is 2.08. The Morgan fingerprint density at radius 3 is 2.88 bits per heavy atom. The van der Waals surface area contributed by atoms with Gasteiger partial charge in [0.25, 0.3) is 0 Å². The van der Waals surface area contributed by atoms with E-state index in [0.717, 1.165) is 24.1 Å². The second-order valence-corrected chi connectivity index (χ2v) is 6.01. The molecule has 0 atom stereocenters. The molecule has 0 aliphatic heterocycles. The van der Waals surface area contributed by atoms with Gasteiger partial charge < -0.3 is 9.88 Å². The molecular weight excluding hydrogens is 326 g/mol. The van der Waals surface area contributed by atoms with Crippen LogP contribution in [0.2, 0.25) is 5.02 Å². The number of hydrogen-bond acceptors (Lipinski definition) is 4. The second kappa shape index (κ2) is 7.42. The molecule has 0 unspecified atom stereocenters. The summed E-state index contributed by atoms with van der Waals surface area (Å²) < 4.78 is 2.09. The Morgan fingerprint density at radius 1 is 1.25 bits per heavy atom. The number of anilines is 1. The number of hydrogen-bond donors (Lipinski definition) is 1. The van der Waals surface area contributed by atoms with Crippen LogP contribution in [0.1, 0.15) is 0 Å². The van der Waals surface area contributed by atoms with Crippen molar-refractivity contribution in [2.75, 3.05) is 25.5 Å². The van der Waals surface area contributed by atoms with E-state index >= 15 is 0 Å². The quantitative estimate of drug-likeness (QED) is 0.747. The monoisotopic (exact) mass is 343 g/mol. The van der Waals surface area contributed by atoms with Crippen LogP contribution in [-0.2, 0) is 11.3 Å². The maximum absolute atomic E-state index is 12.0. The van der Waals surface area contributed by atoms with Crippen molar-refractivity contribution >= 4 is 34.4 Å². The Labute approximate surface area is 145 Å². The van der Waals surface area contributed by atoms with E-state index in [1.165, 1.54) is 6.20 Å². The summed E-state index contributed by atoms with van der Waals surface area (Å²) >= 11 is 5.77. The minimum absolute atomic E-state index is 0.109. The van der Waals surface area contributed by atoms with Crippen molar-refractivity contribution in [1.29, 1.82) is 0 Å². The number of nitrogens with one attached hydrogen (secondary N) is 1. The first-order chi connectivity index (χ1) is 11.6. The van der Waals surface area contributed by atoms with Gasteiger partial charge in [-0.3, -0.25) is 9.69 Å². The number of para-hydroxylation sites is 2. The minimum atomic E-state index is -0.109. The fourth-order valence-electron chi connectivity index (χ4n) is 2.42. The number of carbonyl (C=O) groups is 1. The Morgan fingerprint density at radius 2 is 2.08 bits per heavy atom. The summed E-state index contributed by atoms with van der Waals surface area (Å²) in [7, 11) is 1.91. The van der Waals surface area contributed by atoms with Crippen molar-refractivity contribution < 1.29 is 4.79 Å². The maximum Gasteiger partial charge on any atom is 0.239 e. The molecule has 124 valence electrons. The number of benzene rings is 1. The van der Waals surface area contributed by atoms with Gasteiger partial charge in [0.05, 0.1) is 28.9 Å². The first-order valence-corrected chi connectivity index (χ1v) is 7.99. The number of halogens is 1. The summed E-state index contributed by atoms with van der Waals surface area (Å²) in [5.74, 6) is 0.390. The lowest BCUT2D eigenvalue weighted by molar-refractivity contribution is -0.117. The molecule has 1 N–H and O–H groups in total. The van der Waals surface area contributed by atoms with Gasteiger partial charge in [-0.05, 0) is 31.3 Å². The van der Waals surface area contributed by atoms with Crippen LogP contribution in [-0.4, -0.2) is 45.5 Å². The van der Waals surface area contributed by atoms with E-state index in [9.17, 15) is 4.79 Å². The van der Waals surface area contributed by atoms with E-state index < -0.39 is 0 Å². The van der Waals surface area contributed by atoms with Crippen molar-refractivity contribution in [2.24, 2.45) is 0 Å². The second-order valence-electron chi connectivity index (χ2n) is 5.57. The van der Waals surface area contributed by atoms with Crippen LogP contribution in [0.5, 0.6) is 0 Å². The Hall–Kier alpha value is -2.44. The number of likely N-dealkylation sites (N-methyl/N-ethyl adjacent to an activating group) is 1. The summed E-state index contributed by atoms with van der Waals surface area (Å²) in [4.78, 5) is 22.4. The van der Waals surface area contributed by atoms with Gasteiger partial charge in [0.1, 0.15) is 5.82 Å². The summed E-state index contributed by atoms with van der Waals surface area (Å²) in [6, 6.07) is 11.4. The number of amides is 1. The first kappa shape index (κ1) is 16.4. The van der Waals surface area contributed by atoms with Gasteiger partial charge in [0, 0.05) is 19.3 Å². The third-order valence-corrected chi connectivity index (χ3v) is 3.88. The molecule has 0 fully saturated rings. The van der Waals surface area contributed by atoms with Gasteiger partial charge in [0.2, 0.25) is 5.91 Å². The van der Waals surface area contributed by atoms with Crippen molar-refractivity contribution in [1.82, 2.24) is 19.4 Å². The number of rotatable bonds is 6. The van der Waals surface area contributed by atoms with Crippen molar-refractivity contribution in [3.8, 4) is 0 Å². The summed E-state index contributed by atoms with van der Waals surface area (Å²) in [6.07, 6.45) is 3.33. The van der Waals surface area contributed by atoms with E-state index in [2.05, 4.69) is 19.9 Å². The molecule has 0 aliphatic carbocycles. The number of carbonyl (C=O) groups excluding carboxylic acids is 1. The highest BCUT2D eigenvalue weighted by molar-refractivity contribution is 6.30. The molecule has 0 aliphatic rings. The number of nitrogens with zero attached hydrogens (tertiary/aromatic N) is 4. The van der Waals surface area contributed by atoms with E-state index in [1.807, 2.05) is 42.5 Å². The zero-order chi connectivity index (χ0) is 16.9. The molecule has 3 rings (SSSR count). The fraction of sp³-hybridized carbons (Fsp3) is 0.235. The highest BCUT2D eigenvalue weighted by atomic mass is 35.5. The van der Waals surface area contributed by atoms with Gasteiger partial charge in [-0.1, -0.05) is 23.7 Å². The molecule has 0 bridgehead atoms. The number of aromatic nitrogens is 3. The Kier molecular flexibility index (Phi) is 5.08. The van der Waals surface area contributed by atoms with Crippen LogP contribution in [0.15, 0.2) is 48.9 Å². The number of fused-ring (bicyclic) bond motifs is 1. The average Bonchev–Trinajstić information content (AvgIpc) is 2.98. The lowest BCUT2D eigenvalue weighted by Crippen LogP contribution is -2.32. The smallest absolute Gasteiger partial charge is 0.239 e. The predicted octanol–water partition coefficient (Wildman–Crippen LogP) is 2.66. The fourth-order valence-corrected chi connectivity index (χ4v) is 2.54. The zero-order valence-electron chi connectivity index (χ0n) is 13.3. The summed E-state index contributed by atoms with van der Waals surface area (Å²) in [5, 5.41) is 3.29. The van der Waals surface area contributed by atoms with Crippen LogP contribution >= 0.6 is 11.6 Å². The SMILES string of the molecule is CN(CCn1cnc2ccccc21)CC(=O)Nc1ccc(Cl)cn1. The first-order valence-electron chi connectivity index (χ1n) is 7.61. The van der Waals surface area contributed by atoms with Crippen molar-refractivity contribution in [3.63, 3.8) is 0 Å². The summed E-state index contributed by atoms with van der Waals surface area (Å²) in [6.45, 7) is 1.79. The molecule has 3 aromatic rings. The highest BCUT2D eigenvalue weighted by Crippen LogP contribution is 2.12. The van der Waals surface area contributed by atoms with Gasteiger partial charge >= 0.3 is 0 Å². The molecule has 1 aromatic carbocycles. The van der Waals surface area contributed by atoms with Gasteiger partial charge in [-0.25, -0.2) is 9.97 Å². The van der Waals surface area contributed by atoms with Crippen LogP contribution in [0.4, 0.5) is 5.82 Å². The molecule has 2 aromatic heterocycles. The topological polar surface area (TPSA) is 63.1 Å². The van der Waals surface area contributed by atoms with Gasteiger partial charge in [-0.2, -0.15) is 0 Å². The van der Waals surface area contributed by atoms with Gasteiger partial charge in [0.15, 0.2) is 0 Å². The zero-order valence-corrected chi connectivity index (χ0v) is 14.1. The lowest BCUT2D eigenvalue weighted by Gasteiger charge is -2.16. The average molecular weight is 344 g/mol. The molecule has 6 nitrogen and oxygen atoms in total. The van der Waals surface area contributed by atoms with Crippen LogP contribution < -0.4 is 5.32 Å². The van der Waals surface area contributed by atoms with Crippen molar-refractivity contribution in [2.45, 2.75) is 6.54 Å². The molecule has 1 amide bonds. The van der Waals surface area contributed by atoms with E-state index in [4.69, 9.17) is 11.6 Å². The molecule has 24 heavy (non-hydrogen) atoms. The Bertz CT molecular complexity index is 830. The molecule has 0 saturated carbocycles. The van der Waals surface area contributed by atoms with Crippen LogP contribution in [0.3, 0.4) is 0 Å². The predicted molar refractivity (Wildman–Crippen MR) is 95.1 cm³/mol. The molecule has 0 saturated heterocycles. The maximum atomic E-state index is 12.0. The molecule has 0 spiro atoms. The third-order valence-electron chi connectivity index (χ3n) is 3.66. The molecular formula is C17H18ClN5O. The van der Waals surface area contributed by atoms with Crippen molar-refractivity contribution in [3.05, 3.63) is 53.9 Å². The lowest BCUT2D eigenvalue weighted by atomic mass is 10.3. The van der Waals surface area contributed by atoms with E-state index in [-0.39, 0.29) is 12.5 Å². The minimum Gasteiger partial charge on any atom is -0.329 e. The third kappa shape index (κ3) is 4.10. The normalized spacial score (nSPS) is 11.1. The van der Waals surface area contributed by atoms with E-state index in [1.54, 1.807) is 12.1 Å². The van der Waals surface area contributed by atoms with Crippen LogP contribution in [0.25, 0.3) is 11.0 Å². The largest absolute Gasteiger partial charge is 0.329 e. The molecule has 2 heterocycles. The molecule has 0 radical (unpaired) electrons. The Balaban J connectivity index is 1.51.